The molecule has 0 spiro atoms. The predicted molar refractivity (Wildman–Crippen MR) is 102 cm³/mol. The fraction of sp³-hybridized carbons (Fsp3) is 0.0952. The molecule has 5 nitrogen and oxygen atoms in total. The van der Waals surface area contributed by atoms with Crippen molar-refractivity contribution in [3.8, 4) is 0 Å². The molecule has 3 aromatic rings. The van der Waals surface area contributed by atoms with Gasteiger partial charge in [-0.05, 0) is 55.3 Å². The summed E-state index contributed by atoms with van der Waals surface area (Å²) < 4.78 is 26.3. The number of nitrogens with one attached hydrogen (secondary N) is 2. The summed E-state index contributed by atoms with van der Waals surface area (Å²) in [5.41, 5.74) is 2.86. The van der Waals surface area contributed by atoms with Crippen LogP contribution in [0, 0.1) is 25.5 Å². The van der Waals surface area contributed by atoms with E-state index >= 15 is 0 Å². The highest BCUT2D eigenvalue weighted by Gasteiger charge is 2.14. The lowest BCUT2D eigenvalue weighted by atomic mass is 10.1. The second-order valence-corrected chi connectivity index (χ2v) is 6.29. The van der Waals surface area contributed by atoms with Crippen LogP contribution in [0.25, 0.3) is 0 Å². The Morgan fingerprint density at radius 3 is 2.39 bits per heavy atom. The lowest BCUT2D eigenvalue weighted by molar-refractivity contribution is 0.102. The van der Waals surface area contributed by atoms with Crippen molar-refractivity contribution < 1.29 is 18.4 Å². The van der Waals surface area contributed by atoms with E-state index in [2.05, 4.69) is 15.6 Å². The zero-order valence-electron chi connectivity index (χ0n) is 15.2. The average molecular weight is 381 g/mol. The van der Waals surface area contributed by atoms with Gasteiger partial charge in [-0.1, -0.05) is 12.1 Å². The summed E-state index contributed by atoms with van der Waals surface area (Å²) in [7, 11) is 0. The molecule has 1 heterocycles. The maximum Gasteiger partial charge on any atom is 0.274 e. The highest BCUT2D eigenvalue weighted by molar-refractivity contribution is 6.08. The SMILES string of the molecule is Cc1ccc(C)c(NC(=O)c2cc(C(=O)Nc3ccc(F)c(F)c3)ccn2)c1. The summed E-state index contributed by atoms with van der Waals surface area (Å²) in [4.78, 5) is 28.9. The third-order valence-electron chi connectivity index (χ3n) is 4.07. The first-order valence-electron chi connectivity index (χ1n) is 8.44. The van der Waals surface area contributed by atoms with Crippen molar-refractivity contribution in [1.82, 2.24) is 4.98 Å². The Balaban J connectivity index is 1.77. The Morgan fingerprint density at radius 1 is 0.857 bits per heavy atom. The van der Waals surface area contributed by atoms with Crippen LogP contribution in [0.15, 0.2) is 54.7 Å². The zero-order chi connectivity index (χ0) is 20.3. The molecule has 0 radical (unpaired) electrons. The largest absolute Gasteiger partial charge is 0.322 e. The van der Waals surface area contributed by atoms with Crippen LogP contribution < -0.4 is 10.6 Å². The van der Waals surface area contributed by atoms with Crippen molar-refractivity contribution in [2.75, 3.05) is 10.6 Å². The number of rotatable bonds is 4. The molecule has 2 aromatic carbocycles. The first kappa shape index (κ1) is 19.2. The monoisotopic (exact) mass is 381 g/mol. The van der Waals surface area contributed by atoms with E-state index in [0.29, 0.717) is 5.69 Å². The molecule has 2 amide bonds. The summed E-state index contributed by atoms with van der Waals surface area (Å²) >= 11 is 0. The van der Waals surface area contributed by atoms with E-state index in [1.807, 2.05) is 32.0 Å². The number of nitrogens with zero attached hydrogens (tertiary/aromatic N) is 1. The lowest BCUT2D eigenvalue weighted by Gasteiger charge is -2.10. The molecule has 0 atom stereocenters. The van der Waals surface area contributed by atoms with Crippen LogP contribution in [0.2, 0.25) is 0 Å². The summed E-state index contributed by atoms with van der Waals surface area (Å²) in [6.45, 7) is 3.78. The third-order valence-corrected chi connectivity index (χ3v) is 4.07. The van der Waals surface area contributed by atoms with Gasteiger partial charge in [0.05, 0.1) is 0 Å². The topological polar surface area (TPSA) is 71.1 Å². The van der Waals surface area contributed by atoms with E-state index in [4.69, 9.17) is 0 Å². The van der Waals surface area contributed by atoms with Gasteiger partial charge in [-0.15, -0.1) is 0 Å². The quantitative estimate of drug-likeness (QED) is 0.700. The van der Waals surface area contributed by atoms with Crippen LogP contribution in [-0.2, 0) is 0 Å². The van der Waals surface area contributed by atoms with E-state index < -0.39 is 23.4 Å². The van der Waals surface area contributed by atoms with Crippen molar-refractivity contribution in [2.45, 2.75) is 13.8 Å². The number of hydrogen-bond donors (Lipinski definition) is 2. The molecule has 0 saturated carbocycles. The van der Waals surface area contributed by atoms with Crippen molar-refractivity contribution in [2.24, 2.45) is 0 Å². The maximum absolute atomic E-state index is 13.3. The molecule has 142 valence electrons. The number of halogens is 2. The van der Waals surface area contributed by atoms with Crippen molar-refractivity contribution >= 4 is 23.2 Å². The number of aromatic nitrogens is 1. The normalized spacial score (nSPS) is 10.4. The number of anilines is 2. The molecule has 3 rings (SSSR count). The van der Waals surface area contributed by atoms with E-state index in [0.717, 1.165) is 23.3 Å². The Morgan fingerprint density at radius 2 is 1.64 bits per heavy atom. The van der Waals surface area contributed by atoms with Gasteiger partial charge in [-0.2, -0.15) is 0 Å². The molecule has 0 bridgehead atoms. The van der Waals surface area contributed by atoms with Gasteiger partial charge in [-0.25, -0.2) is 8.78 Å². The number of hydrogen-bond acceptors (Lipinski definition) is 3. The summed E-state index contributed by atoms with van der Waals surface area (Å²) in [6.07, 6.45) is 1.33. The van der Waals surface area contributed by atoms with E-state index in [-0.39, 0.29) is 16.9 Å². The molecule has 28 heavy (non-hydrogen) atoms. The Bertz CT molecular complexity index is 1070. The minimum absolute atomic E-state index is 0.0545. The average Bonchev–Trinajstić information content (AvgIpc) is 2.67. The number of benzene rings is 2. The number of aryl methyl sites for hydroxylation is 2. The van der Waals surface area contributed by atoms with Crippen LogP contribution in [-0.4, -0.2) is 16.8 Å². The minimum atomic E-state index is -1.07. The number of carbonyl (C=O) groups excluding carboxylic acids is 2. The van der Waals surface area contributed by atoms with Crippen molar-refractivity contribution in [1.29, 1.82) is 0 Å². The summed E-state index contributed by atoms with van der Waals surface area (Å²) in [6, 6.07) is 11.5. The van der Waals surface area contributed by atoms with Crippen LogP contribution in [0.5, 0.6) is 0 Å². The molecule has 2 N–H and O–H groups in total. The molecule has 0 aliphatic rings. The smallest absolute Gasteiger partial charge is 0.274 e. The molecule has 0 aliphatic heterocycles. The number of carbonyl (C=O) groups is 2. The standard InChI is InChI=1S/C21H17F2N3O2/c1-12-3-4-13(2)18(9-12)26-21(28)19-10-14(7-8-24-19)20(27)25-15-5-6-16(22)17(23)11-15/h3-11H,1-2H3,(H,25,27)(H,26,28). The fourth-order valence-corrected chi connectivity index (χ4v) is 2.53. The first-order chi connectivity index (χ1) is 13.3. The maximum atomic E-state index is 13.3. The van der Waals surface area contributed by atoms with Crippen LogP contribution in [0.1, 0.15) is 32.0 Å². The Labute approximate surface area is 160 Å². The van der Waals surface area contributed by atoms with Crippen LogP contribution in [0.4, 0.5) is 20.2 Å². The van der Waals surface area contributed by atoms with E-state index in [1.165, 1.54) is 24.4 Å². The van der Waals surface area contributed by atoms with Gasteiger partial charge < -0.3 is 10.6 Å². The van der Waals surface area contributed by atoms with Gasteiger partial charge in [0.1, 0.15) is 5.69 Å². The molecule has 0 aliphatic carbocycles. The highest BCUT2D eigenvalue weighted by atomic mass is 19.2. The van der Waals surface area contributed by atoms with Gasteiger partial charge in [0.15, 0.2) is 11.6 Å². The minimum Gasteiger partial charge on any atom is -0.322 e. The third kappa shape index (κ3) is 4.37. The Kier molecular flexibility index (Phi) is 5.44. The number of amides is 2. The summed E-state index contributed by atoms with van der Waals surface area (Å²) in [5.74, 6) is -3.11. The van der Waals surface area contributed by atoms with E-state index in [1.54, 1.807) is 0 Å². The molecule has 7 heteroatoms. The molecule has 0 fully saturated rings. The lowest BCUT2D eigenvalue weighted by Crippen LogP contribution is -2.17. The van der Waals surface area contributed by atoms with Gasteiger partial charge in [-0.3, -0.25) is 14.6 Å². The molecule has 0 unspecified atom stereocenters. The zero-order valence-corrected chi connectivity index (χ0v) is 15.2. The molecular formula is C21H17F2N3O2. The Hall–Kier alpha value is -3.61. The van der Waals surface area contributed by atoms with Gasteiger partial charge in [0.25, 0.3) is 11.8 Å². The van der Waals surface area contributed by atoms with Crippen molar-refractivity contribution in [3.05, 3.63) is 88.7 Å². The predicted octanol–water partition coefficient (Wildman–Crippen LogP) is 4.48. The van der Waals surface area contributed by atoms with Gasteiger partial charge >= 0.3 is 0 Å². The molecule has 0 saturated heterocycles. The number of pyridine rings is 1. The molecular weight excluding hydrogens is 364 g/mol. The van der Waals surface area contributed by atoms with Crippen LogP contribution in [0.3, 0.4) is 0 Å². The second-order valence-electron chi connectivity index (χ2n) is 6.29. The first-order valence-corrected chi connectivity index (χ1v) is 8.44. The fourth-order valence-electron chi connectivity index (χ4n) is 2.53. The van der Waals surface area contributed by atoms with Crippen molar-refractivity contribution in [3.63, 3.8) is 0 Å². The highest BCUT2D eigenvalue weighted by Crippen LogP contribution is 2.18. The summed E-state index contributed by atoms with van der Waals surface area (Å²) in [5, 5.41) is 5.23. The molecule has 1 aromatic heterocycles. The van der Waals surface area contributed by atoms with Gasteiger partial charge in [0.2, 0.25) is 0 Å². The second kappa shape index (κ2) is 7.96. The van der Waals surface area contributed by atoms with Crippen LogP contribution >= 0.6 is 0 Å². The van der Waals surface area contributed by atoms with E-state index in [9.17, 15) is 18.4 Å². The van der Waals surface area contributed by atoms with Gasteiger partial charge in [0, 0.05) is 29.2 Å².